The van der Waals surface area contributed by atoms with Gasteiger partial charge in [0.05, 0.1) is 5.56 Å². The molecular weight excluding hydrogens is 241 g/mol. The molecule has 1 fully saturated rings. The van der Waals surface area contributed by atoms with Gasteiger partial charge >= 0.3 is 6.18 Å². The average Bonchev–Trinajstić information content (AvgIpc) is 2.77. The van der Waals surface area contributed by atoms with Crippen LogP contribution in [0.2, 0.25) is 0 Å². The van der Waals surface area contributed by atoms with E-state index in [1.807, 2.05) is 0 Å². The number of anilines is 1. The van der Waals surface area contributed by atoms with Crippen LogP contribution in [0.15, 0.2) is 24.3 Å². The SMILES string of the molecule is NCCC1CCCN1c1ccc(C(F)(F)F)cc1. The summed E-state index contributed by atoms with van der Waals surface area (Å²) in [5.74, 6) is 0. The van der Waals surface area contributed by atoms with Crippen LogP contribution in [0.25, 0.3) is 0 Å². The number of nitrogens with zero attached hydrogens (tertiary/aromatic N) is 1. The molecule has 0 saturated carbocycles. The second-order valence-corrected chi connectivity index (χ2v) is 4.61. The van der Waals surface area contributed by atoms with Gasteiger partial charge in [-0.25, -0.2) is 0 Å². The molecule has 1 aliphatic heterocycles. The number of alkyl halides is 3. The molecule has 1 atom stereocenters. The van der Waals surface area contributed by atoms with Gasteiger partial charge in [-0.2, -0.15) is 13.2 Å². The van der Waals surface area contributed by atoms with Gasteiger partial charge < -0.3 is 10.6 Å². The first kappa shape index (κ1) is 13.2. The average molecular weight is 258 g/mol. The largest absolute Gasteiger partial charge is 0.416 e. The molecule has 1 aromatic carbocycles. The number of benzene rings is 1. The second-order valence-electron chi connectivity index (χ2n) is 4.61. The van der Waals surface area contributed by atoms with Crippen LogP contribution in [0.4, 0.5) is 18.9 Å². The summed E-state index contributed by atoms with van der Waals surface area (Å²) in [6.07, 6.45) is -1.23. The van der Waals surface area contributed by atoms with Crippen LogP contribution in [0.3, 0.4) is 0 Å². The van der Waals surface area contributed by atoms with Gasteiger partial charge in [-0.05, 0) is 50.1 Å². The summed E-state index contributed by atoms with van der Waals surface area (Å²) in [4.78, 5) is 2.16. The van der Waals surface area contributed by atoms with Crippen LogP contribution in [-0.4, -0.2) is 19.1 Å². The van der Waals surface area contributed by atoms with Crippen molar-refractivity contribution in [1.29, 1.82) is 0 Å². The molecule has 5 heteroatoms. The van der Waals surface area contributed by atoms with Crippen molar-refractivity contribution < 1.29 is 13.2 Å². The maximum absolute atomic E-state index is 12.5. The normalized spacial score (nSPS) is 20.4. The maximum Gasteiger partial charge on any atom is 0.416 e. The van der Waals surface area contributed by atoms with E-state index in [1.165, 1.54) is 0 Å². The third kappa shape index (κ3) is 2.77. The Hall–Kier alpha value is -1.23. The first-order valence-electron chi connectivity index (χ1n) is 6.16. The molecule has 0 aromatic heterocycles. The Labute approximate surface area is 105 Å². The standard InChI is InChI=1S/C13H17F3N2/c14-13(15,16)10-3-5-12(6-4-10)18-9-1-2-11(18)7-8-17/h3-6,11H,1-2,7-9,17H2. The van der Waals surface area contributed by atoms with E-state index < -0.39 is 11.7 Å². The van der Waals surface area contributed by atoms with Gasteiger partial charge in [0.15, 0.2) is 0 Å². The van der Waals surface area contributed by atoms with Crippen molar-refractivity contribution in [3.05, 3.63) is 29.8 Å². The summed E-state index contributed by atoms with van der Waals surface area (Å²) in [7, 11) is 0. The molecule has 2 rings (SSSR count). The first-order valence-corrected chi connectivity index (χ1v) is 6.16. The summed E-state index contributed by atoms with van der Waals surface area (Å²) in [5.41, 5.74) is 5.82. The van der Waals surface area contributed by atoms with Crippen molar-refractivity contribution in [3.63, 3.8) is 0 Å². The fourth-order valence-electron chi connectivity index (χ4n) is 2.51. The molecule has 0 bridgehead atoms. The van der Waals surface area contributed by atoms with Gasteiger partial charge in [0.2, 0.25) is 0 Å². The number of halogens is 3. The smallest absolute Gasteiger partial charge is 0.368 e. The number of nitrogens with two attached hydrogens (primary N) is 1. The molecule has 1 saturated heterocycles. The predicted octanol–water partition coefficient (Wildman–Crippen LogP) is 3.02. The Kier molecular flexibility index (Phi) is 3.80. The Morgan fingerprint density at radius 3 is 2.44 bits per heavy atom. The zero-order chi connectivity index (χ0) is 13.2. The second kappa shape index (κ2) is 5.18. The molecule has 0 aliphatic carbocycles. The highest BCUT2D eigenvalue weighted by Gasteiger charge is 2.31. The Morgan fingerprint density at radius 1 is 1.22 bits per heavy atom. The molecule has 1 aromatic rings. The van der Waals surface area contributed by atoms with Crippen LogP contribution in [0.1, 0.15) is 24.8 Å². The van der Waals surface area contributed by atoms with E-state index in [1.54, 1.807) is 12.1 Å². The third-order valence-electron chi connectivity index (χ3n) is 3.40. The topological polar surface area (TPSA) is 29.3 Å². The summed E-state index contributed by atoms with van der Waals surface area (Å²) in [5, 5.41) is 0. The van der Waals surface area contributed by atoms with Crippen LogP contribution < -0.4 is 10.6 Å². The van der Waals surface area contributed by atoms with Crippen molar-refractivity contribution in [2.45, 2.75) is 31.5 Å². The maximum atomic E-state index is 12.5. The quantitative estimate of drug-likeness (QED) is 0.903. The van der Waals surface area contributed by atoms with Gasteiger partial charge in [-0.3, -0.25) is 0 Å². The minimum absolute atomic E-state index is 0.367. The van der Waals surface area contributed by atoms with Crippen molar-refractivity contribution in [3.8, 4) is 0 Å². The molecule has 18 heavy (non-hydrogen) atoms. The summed E-state index contributed by atoms with van der Waals surface area (Å²) < 4.78 is 37.4. The van der Waals surface area contributed by atoms with Crippen molar-refractivity contribution in [1.82, 2.24) is 0 Å². The van der Waals surface area contributed by atoms with Crippen LogP contribution in [0, 0.1) is 0 Å². The zero-order valence-electron chi connectivity index (χ0n) is 10.1. The van der Waals surface area contributed by atoms with E-state index in [0.29, 0.717) is 12.6 Å². The molecular formula is C13H17F3N2. The number of hydrogen-bond acceptors (Lipinski definition) is 2. The zero-order valence-corrected chi connectivity index (χ0v) is 10.1. The van der Waals surface area contributed by atoms with Gasteiger partial charge in [0, 0.05) is 18.3 Å². The van der Waals surface area contributed by atoms with E-state index in [4.69, 9.17) is 5.73 Å². The monoisotopic (exact) mass is 258 g/mol. The fraction of sp³-hybridized carbons (Fsp3) is 0.538. The predicted molar refractivity (Wildman–Crippen MR) is 65.5 cm³/mol. The van der Waals surface area contributed by atoms with E-state index in [0.717, 1.165) is 43.6 Å². The van der Waals surface area contributed by atoms with E-state index in [9.17, 15) is 13.2 Å². The molecule has 100 valence electrons. The summed E-state index contributed by atoms with van der Waals surface area (Å²) >= 11 is 0. The Morgan fingerprint density at radius 2 is 1.89 bits per heavy atom. The number of rotatable bonds is 3. The van der Waals surface area contributed by atoms with Crippen LogP contribution >= 0.6 is 0 Å². The lowest BCUT2D eigenvalue weighted by atomic mass is 10.1. The highest BCUT2D eigenvalue weighted by Crippen LogP contribution is 2.32. The molecule has 2 nitrogen and oxygen atoms in total. The molecule has 0 radical (unpaired) electrons. The molecule has 1 aliphatic rings. The molecule has 1 heterocycles. The highest BCUT2D eigenvalue weighted by molar-refractivity contribution is 5.49. The van der Waals surface area contributed by atoms with Crippen molar-refractivity contribution in [2.75, 3.05) is 18.0 Å². The fourth-order valence-corrected chi connectivity index (χ4v) is 2.51. The molecule has 1 unspecified atom stereocenters. The lowest BCUT2D eigenvalue weighted by molar-refractivity contribution is -0.137. The molecule has 0 spiro atoms. The van der Waals surface area contributed by atoms with Gasteiger partial charge in [0.25, 0.3) is 0 Å². The lowest BCUT2D eigenvalue weighted by Gasteiger charge is -2.26. The summed E-state index contributed by atoms with van der Waals surface area (Å²) in [6.45, 7) is 1.51. The summed E-state index contributed by atoms with van der Waals surface area (Å²) in [6, 6.07) is 5.77. The number of hydrogen-bond donors (Lipinski definition) is 1. The third-order valence-corrected chi connectivity index (χ3v) is 3.40. The Balaban J connectivity index is 2.14. The van der Waals surface area contributed by atoms with Gasteiger partial charge in [0.1, 0.15) is 0 Å². The first-order chi connectivity index (χ1) is 8.52. The lowest BCUT2D eigenvalue weighted by Crippen LogP contribution is -2.31. The molecule has 2 N–H and O–H groups in total. The van der Waals surface area contributed by atoms with Crippen molar-refractivity contribution >= 4 is 5.69 Å². The minimum Gasteiger partial charge on any atom is -0.368 e. The van der Waals surface area contributed by atoms with E-state index in [-0.39, 0.29) is 0 Å². The van der Waals surface area contributed by atoms with Crippen molar-refractivity contribution in [2.24, 2.45) is 5.73 Å². The highest BCUT2D eigenvalue weighted by atomic mass is 19.4. The van der Waals surface area contributed by atoms with E-state index in [2.05, 4.69) is 4.90 Å². The van der Waals surface area contributed by atoms with Gasteiger partial charge in [-0.15, -0.1) is 0 Å². The Bertz CT molecular complexity index is 386. The van der Waals surface area contributed by atoms with E-state index >= 15 is 0 Å². The minimum atomic E-state index is -4.26. The van der Waals surface area contributed by atoms with Gasteiger partial charge in [-0.1, -0.05) is 0 Å². The molecule has 0 amide bonds. The van der Waals surface area contributed by atoms with Crippen LogP contribution in [-0.2, 0) is 6.18 Å². The van der Waals surface area contributed by atoms with Crippen LogP contribution in [0.5, 0.6) is 0 Å².